The molecule has 0 spiro atoms. The molecular formula is C16H29BO3. The largest absolute Gasteiger partial charge is 0.461 e. The van der Waals surface area contributed by atoms with Crippen molar-refractivity contribution < 1.29 is 14.1 Å². The van der Waals surface area contributed by atoms with E-state index in [0.717, 1.165) is 25.5 Å². The summed E-state index contributed by atoms with van der Waals surface area (Å²) in [6.45, 7) is 8.33. The van der Waals surface area contributed by atoms with Gasteiger partial charge in [-0.1, -0.05) is 38.5 Å². The van der Waals surface area contributed by atoms with Crippen LogP contribution in [0.4, 0.5) is 0 Å². The summed E-state index contributed by atoms with van der Waals surface area (Å²) in [6, 6.07) is 0. The maximum Gasteiger partial charge on any atom is 0.461 e. The minimum Gasteiger partial charge on any atom is -0.403 e. The molecule has 1 saturated heterocycles. The van der Waals surface area contributed by atoms with Gasteiger partial charge in [-0.15, -0.1) is 0 Å². The highest BCUT2D eigenvalue weighted by Crippen LogP contribution is 2.44. The van der Waals surface area contributed by atoms with Gasteiger partial charge in [0.1, 0.15) is 6.29 Å². The van der Waals surface area contributed by atoms with E-state index in [1.54, 1.807) is 0 Å². The zero-order chi connectivity index (χ0) is 14.8. The predicted molar refractivity (Wildman–Crippen MR) is 81.7 cm³/mol. The third-order valence-corrected chi connectivity index (χ3v) is 5.42. The Balaban J connectivity index is 2.12. The molecule has 20 heavy (non-hydrogen) atoms. The Bertz CT molecular complexity index is 325. The van der Waals surface area contributed by atoms with Crippen LogP contribution in [0.3, 0.4) is 0 Å². The van der Waals surface area contributed by atoms with Crippen molar-refractivity contribution in [3.63, 3.8) is 0 Å². The molecule has 1 aliphatic heterocycles. The SMILES string of the molecule is CC1(C)OB(C2CCCCCCCC2C=O)OC1(C)C. The first-order valence-corrected chi connectivity index (χ1v) is 8.18. The average Bonchev–Trinajstić information content (AvgIpc) is 2.65. The van der Waals surface area contributed by atoms with Gasteiger partial charge in [-0.2, -0.15) is 0 Å². The molecule has 2 rings (SSSR count). The number of rotatable bonds is 2. The van der Waals surface area contributed by atoms with Crippen molar-refractivity contribution in [1.29, 1.82) is 0 Å². The lowest BCUT2D eigenvalue weighted by molar-refractivity contribution is -0.111. The average molecular weight is 280 g/mol. The molecule has 2 aliphatic rings. The molecule has 0 aromatic carbocycles. The first-order valence-electron chi connectivity index (χ1n) is 8.18. The summed E-state index contributed by atoms with van der Waals surface area (Å²) in [6.07, 6.45) is 9.31. The van der Waals surface area contributed by atoms with Crippen LogP contribution in [0.25, 0.3) is 0 Å². The standard InChI is InChI=1S/C16H29BO3/c1-15(2)16(3,4)20-17(19-15)14-11-9-7-5-6-8-10-13(14)12-18/h12-14H,5-11H2,1-4H3. The van der Waals surface area contributed by atoms with Gasteiger partial charge in [0, 0.05) is 11.7 Å². The van der Waals surface area contributed by atoms with Gasteiger partial charge in [-0.3, -0.25) is 0 Å². The Morgan fingerprint density at radius 2 is 1.40 bits per heavy atom. The van der Waals surface area contributed by atoms with Crippen molar-refractivity contribution in [2.24, 2.45) is 5.92 Å². The van der Waals surface area contributed by atoms with Crippen LogP contribution in [-0.4, -0.2) is 24.6 Å². The molecule has 1 saturated carbocycles. The fraction of sp³-hybridized carbons (Fsp3) is 0.938. The van der Waals surface area contributed by atoms with E-state index in [2.05, 4.69) is 27.7 Å². The van der Waals surface area contributed by atoms with Crippen molar-refractivity contribution in [2.75, 3.05) is 0 Å². The number of carbonyl (C=O) groups excluding carboxylic acids is 1. The quantitative estimate of drug-likeness (QED) is 0.566. The number of hydrogen-bond acceptors (Lipinski definition) is 3. The number of carbonyl (C=O) groups is 1. The van der Waals surface area contributed by atoms with Gasteiger partial charge in [0.2, 0.25) is 0 Å². The Kier molecular flexibility index (Phi) is 4.96. The van der Waals surface area contributed by atoms with E-state index in [1.165, 1.54) is 25.7 Å². The molecule has 0 N–H and O–H groups in total. The first kappa shape index (κ1) is 16.0. The zero-order valence-corrected chi connectivity index (χ0v) is 13.5. The van der Waals surface area contributed by atoms with Gasteiger partial charge in [-0.05, 0) is 34.1 Å². The maximum atomic E-state index is 11.5. The van der Waals surface area contributed by atoms with E-state index in [-0.39, 0.29) is 30.1 Å². The monoisotopic (exact) mass is 280 g/mol. The Morgan fingerprint density at radius 3 is 1.95 bits per heavy atom. The Hall–Kier alpha value is -0.345. The normalized spacial score (nSPS) is 34.1. The highest BCUT2D eigenvalue weighted by Gasteiger charge is 2.54. The third kappa shape index (κ3) is 3.28. The lowest BCUT2D eigenvalue weighted by Crippen LogP contribution is -2.41. The molecule has 0 amide bonds. The molecule has 2 fully saturated rings. The second-order valence-corrected chi connectivity index (χ2v) is 7.43. The van der Waals surface area contributed by atoms with Crippen LogP contribution < -0.4 is 0 Å². The summed E-state index contributed by atoms with van der Waals surface area (Å²) in [5, 5.41) is 0. The van der Waals surface area contributed by atoms with Crippen LogP contribution in [0.15, 0.2) is 0 Å². The minimum atomic E-state index is -0.302. The zero-order valence-electron chi connectivity index (χ0n) is 13.5. The Labute approximate surface area is 123 Å². The molecule has 0 aromatic rings. The molecule has 1 heterocycles. The molecular weight excluding hydrogens is 251 g/mol. The lowest BCUT2D eigenvalue weighted by atomic mass is 9.62. The van der Waals surface area contributed by atoms with E-state index in [1.807, 2.05) is 0 Å². The molecule has 4 heteroatoms. The minimum absolute atomic E-state index is 0.0859. The highest BCUT2D eigenvalue weighted by molar-refractivity contribution is 6.48. The van der Waals surface area contributed by atoms with Crippen molar-refractivity contribution in [3.05, 3.63) is 0 Å². The summed E-state index contributed by atoms with van der Waals surface area (Å²) in [7, 11) is -0.228. The van der Waals surface area contributed by atoms with Crippen LogP contribution in [0, 0.1) is 5.92 Å². The van der Waals surface area contributed by atoms with Gasteiger partial charge in [-0.25, -0.2) is 0 Å². The second kappa shape index (κ2) is 6.19. The van der Waals surface area contributed by atoms with E-state index < -0.39 is 0 Å². The Morgan fingerprint density at radius 1 is 0.900 bits per heavy atom. The van der Waals surface area contributed by atoms with Gasteiger partial charge >= 0.3 is 7.12 Å². The van der Waals surface area contributed by atoms with E-state index >= 15 is 0 Å². The fourth-order valence-electron chi connectivity index (χ4n) is 3.29. The molecule has 0 radical (unpaired) electrons. The van der Waals surface area contributed by atoms with Crippen molar-refractivity contribution in [1.82, 2.24) is 0 Å². The van der Waals surface area contributed by atoms with Gasteiger partial charge in [0.05, 0.1) is 11.2 Å². The van der Waals surface area contributed by atoms with E-state index in [0.29, 0.717) is 0 Å². The molecule has 0 aromatic heterocycles. The van der Waals surface area contributed by atoms with Crippen LogP contribution in [0.2, 0.25) is 5.82 Å². The molecule has 1 aliphatic carbocycles. The second-order valence-electron chi connectivity index (χ2n) is 7.43. The van der Waals surface area contributed by atoms with Gasteiger partial charge in [0.25, 0.3) is 0 Å². The third-order valence-electron chi connectivity index (χ3n) is 5.42. The van der Waals surface area contributed by atoms with E-state index in [9.17, 15) is 4.79 Å². The van der Waals surface area contributed by atoms with Gasteiger partial charge in [0.15, 0.2) is 0 Å². The number of hydrogen-bond donors (Lipinski definition) is 0. The molecule has 0 bridgehead atoms. The smallest absolute Gasteiger partial charge is 0.403 e. The van der Waals surface area contributed by atoms with Crippen molar-refractivity contribution in [2.45, 2.75) is 89.7 Å². The summed E-state index contributed by atoms with van der Waals surface area (Å²) >= 11 is 0. The topological polar surface area (TPSA) is 35.5 Å². The number of aldehydes is 1. The predicted octanol–water partition coefficient (Wildman–Crippen LogP) is 4.01. The van der Waals surface area contributed by atoms with Crippen molar-refractivity contribution in [3.8, 4) is 0 Å². The van der Waals surface area contributed by atoms with E-state index in [4.69, 9.17) is 9.31 Å². The first-order chi connectivity index (χ1) is 9.37. The summed E-state index contributed by atoms with van der Waals surface area (Å²) in [4.78, 5) is 11.5. The van der Waals surface area contributed by atoms with Crippen molar-refractivity contribution >= 4 is 13.4 Å². The summed E-state index contributed by atoms with van der Waals surface area (Å²) in [5.41, 5.74) is -0.604. The summed E-state index contributed by atoms with van der Waals surface area (Å²) < 4.78 is 12.4. The summed E-state index contributed by atoms with van der Waals surface area (Å²) in [5.74, 6) is 0.300. The molecule has 2 unspecified atom stereocenters. The van der Waals surface area contributed by atoms with Crippen LogP contribution in [-0.2, 0) is 14.1 Å². The lowest BCUT2D eigenvalue weighted by Gasteiger charge is -2.32. The van der Waals surface area contributed by atoms with Crippen LogP contribution in [0.1, 0.15) is 72.6 Å². The fourth-order valence-corrected chi connectivity index (χ4v) is 3.29. The molecule has 2 atom stereocenters. The van der Waals surface area contributed by atoms with Crippen LogP contribution in [0.5, 0.6) is 0 Å². The van der Waals surface area contributed by atoms with Gasteiger partial charge < -0.3 is 14.1 Å². The maximum absolute atomic E-state index is 11.5. The molecule has 114 valence electrons. The highest BCUT2D eigenvalue weighted by atomic mass is 16.7. The van der Waals surface area contributed by atoms with Crippen LogP contribution >= 0.6 is 0 Å². The molecule has 3 nitrogen and oxygen atoms in total.